The molecule has 25 heavy (non-hydrogen) atoms. The van der Waals surface area contributed by atoms with E-state index in [9.17, 15) is 14.7 Å². The van der Waals surface area contributed by atoms with E-state index in [4.69, 9.17) is 0 Å². The van der Waals surface area contributed by atoms with E-state index in [0.717, 1.165) is 24.8 Å². The van der Waals surface area contributed by atoms with Gasteiger partial charge in [0.15, 0.2) is 5.82 Å². The van der Waals surface area contributed by atoms with Gasteiger partial charge in [0.25, 0.3) is 0 Å². The van der Waals surface area contributed by atoms with Crippen molar-refractivity contribution in [2.24, 2.45) is 5.41 Å². The number of nitrogens with one attached hydrogen (secondary N) is 1. The highest BCUT2D eigenvalue weighted by Gasteiger charge is 2.45. The molecule has 2 aliphatic carbocycles. The molecule has 0 atom stereocenters. The second-order valence-corrected chi connectivity index (χ2v) is 6.92. The Kier molecular flexibility index (Phi) is 3.74. The summed E-state index contributed by atoms with van der Waals surface area (Å²) in [6.45, 7) is 0. The summed E-state index contributed by atoms with van der Waals surface area (Å²) in [6.07, 6.45) is 4.14. The van der Waals surface area contributed by atoms with Crippen molar-refractivity contribution in [1.29, 1.82) is 0 Å². The molecule has 0 saturated heterocycles. The minimum absolute atomic E-state index is 0.00632. The molecule has 0 unspecified atom stereocenters. The minimum Gasteiger partial charge on any atom is -0.481 e. The van der Waals surface area contributed by atoms with E-state index in [0.29, 0.717) is 30.4 Å². The maximum Gasteiger partial charge on any atom is 0.310 e. The molecule has 2 fully saturated rings. The number of hydrogen-bond acceptors (Lipinski definition) is 5. The topological polar surface area (TPSA) is 110 Å². The summed E-state index contributed by atoms with van der Waals surface area (Å²) < 4.78 is 1.81. The van der Waals surface area contributed by atoms with Crippen LogP contribution in [0.25, 0.3) is 11.4 Å². The number of nitrogens with zero attached hydrogens (tertiary/aromatic N) is 4. The van der Waals surface area contributed by atoms with Crippen LogP contribution in [0.5, 0.6) is 0 Å². The Labute approximate surface area is 144 Å². The average Bonchev–Trinajstić information content (AvgIpc) is 3.27. The van der Waals surface area contributed by atoms with E-state index in [1.54, 1.807) is 6.07 Å². The molecule has 1 amide bonds. The number of rotatable bonds is 6. The number of tetrazole rings is 1. The molecule has 2 saturated carbocycles. The third-order valence-electron chi connectivity index (χ3n) is 5.05. The van der Waals surface area contributed by atoms with Gasteiger partial charge in [0.1, 0.15) is 0 Å². The van der Waals surface area contributed by atoms with Gasteiger partial charge in [-0.15, -0.1) is 5.10 Å². The van der Waals surface area contributed by atoms with E-state index >= 15 is 0 Å². The van der Waals surface area contributed by atoms with Crippen molar-refractivity contribution in [3.05, 3.63) is 24.3 Å². The van der Waals surface area contributed by atoms with Crippen molar-refractivity contribution in [3.8, 4) is 11.4 Å². The molecule has 1 heterocycles. The number of carboxylic acid groups (broad SMARTS) is 1. The predicted octanol–water partition coefficient (Wildman–Crippen LogP) is 2.26. The first-order valence-corrected chi connectivity index (χ1v) is 8.49. The van der Waals surface area contributed by atoms with Crippen molar-refractivity contribution in [1.82, 2.24) is 20.2 Å². The molecule has 1 aromatic heterocycles. The number of hydrogen-bond donors (Lipinski definition) is 2. The number of carboxylic acids is 1. The number of aromatic nitrogens is 4. The highest BCUT2D eigenvalue weighted by molar-refractivity contribution is 5.95. The maximum atomic E-state index is 12.3. The number of carbonyl (C=O) groups is 2. The Morgan fingerprint density at radius 1 is 1.32 bits per heavy atom. The molecule has 8 heteroatoms. The van der Waals surface area contributed by atoms with Gasteiger partial charge in [0.2, 0.25) is 5.91 Å². The van der Waals surface area contributed by atoms with Gasteiger partial charge in [-0.25, -0.2) is 4.68 Å². The first kappa shape index (κ1) is 15.7. The van der Waals surface area contributed by atoms with Crippen LogP contribution in [-0.2, 0) is 9.59 Å². The van der Waals surface area contributed by atoms with Crippen molar-refractivity contribution in [2.45, 2.75) is 44.6 Å². The molecule has 2 N–H and O–H groups in total. The highest BCUT2D eigenvalue weighted by atomic mass is 16.4. The van der Waals surface area contributed by atoms with Crippen LogP contribution >= 0.6 is 0 Å². The number of benzene rings is 1. The molecule has 130 valence electrons. The van der Waals surface area contributed by atoms with Crippen molar-refractivity contribution in [2.75, 3.05) is 5.32 Å². The summed E-state index contributed by atoms with van der Waals surface area (Å²) in [5, 5.41) is 24.0. The van der Waals surface area contributed by atoms with Gasteiger partial charge in [-0.2, -0.15) is 0 Å². The summed E-state index contributed by atoms with van der Waals surface area (Å²) in [7, 11) is 0. The quantitative estimate of drug-likeness (QED) is 0.834. The molecular weight excluding hydrogens is 322 g/mol. The lowest BCUT2D eigenvalue weighted by Gasteiger charge is -2.36. The van der Waals surface area contributed by atoms with Crippen LogP contribution in [0.3, 0.4) is 0 Å². The monoisotopic (exact) mass is 341 g/mol. The lowest BCUT2D eigenvalue weighted by molar-refractivity contribution is -0.157. The lowest BCUT2D eigenvalue weighted by atomic mass is 9.66. The summed E-state index contributed by atoms with van der Waals surface area (Å²) in [4.78, 5) is 23.7. The largest absolute Gasteiger partial charge is 0.481 e. The highest BCUT2D eigenvalue weighted by Crippen LogP contribution is 2.44. The van der Waals surface area contributed by atoms with Gasteiger partial charge in [0.05, 0.1) is 11.5 Å². The molecular formula is C17H19N5O3. The van der Waals surface area contributed by atoms with Crippen LogP contribution in [-0.4, -0.2) is 37.2 Å². The van der Waals surface area contributed by atoms with Gasteiger partial charge >= 0.3 is 5.97 Å². The molecule has 0 aliphatic heterocycles. The van der Waals surface area contributed by atoms with Crippen LogP contribution in [0.15, 0.2) is 24.3 Å². The molecule has 8 nitrogen and oxygen atoms in total. The van der Waals surface area contributed by atoms with Crippen LogP contribution in [0.1, 0.15) is 44.6 Å². The summed E-state index contributed by atoms with van der Waals surface area (Å²) in [6, 6.07) is 7.67. The zero-order chi connectivity index (χ0) is 17.4. The Bertz CT molecular complexity index is 823. The van der Waals surface area contributed by atoms with Crippen molar-refractivity contribution < 1.29 is 14.7 Å². The second-order valence-electron chi connectivity index (χ2n) is 6.92. The molecule has 4 rings (SSSR count). The Balaban J connectivity index is 1.49. The van der Waals surface area contributed by atoms with Gasteiger partial charge in [-0.3, -0.25) is 9.59 Å². The fourth-order valence-electron chi connectivity index (χ4n) is 3.27. The zero-order valence-electron chi connectivity index (χ0n) is 13.7. The smallest absolute Gasteiger partial charge is 0.310 e. The number of aliphatic carboxylic acids is 1. The Morgan fingerprint density at radius 2 is 2.12 bits per heavy atom. The summed E-state index contributed by atoms with van der Waals surface area (Å²) in [5.41, 5.74) is 0.552. The Morgan fingerprint density at radius 3 is 2.76 bits per heavy atom. The molecule has 1 aromatic carbocycles. The van der Waals surface area contributed by atoms with Crippen LogP contribution in [0.4, 0.5) is 5.69 Å². The van der Waals surface area contributed by atoms with Crippen molar-refractivity contribution in [3.63, 3.8) is 0 Å². The molecule has 0 spiro atoms. The van der Waals surface area contributed by atoms with E-state index in [1.807, 2.05) is 22.9 Å². The van der Waals surface area contributed by atoms with E-state index in [1.165, 1.54) is 0 Å². The number of amides is 1. The molecule has 0 bridgehead atoms. The average molecular weight is 341 g/mol. The fraction of sp³-hybridized carbons (Fsp3) is 0.471. The third-order valence-corrected chi connectivity index (χ3v) is 5.05. The zero-order valence-corrected chi connectivity index (χ0v) is 13.7. The fourth-order valence-corrected chi connectivity index (χ4v) is 3.27. The molecule has 2 aromatic rings. The second kappa shape index (κ2) is 5.94. The van der Waals surface area contributed by atoms with Gasteiger partial charge in [-0.1, -0.05) is 18.6 Å². The third kappa shape index (κ3) is 2.99. The van der Waals surface area contributed by atoms with E-state index < -0.39 is 11.4 Å². The van der Waals surface area contributed by atoms with Crippen LogP contribution in [0.2, 0.25) is 0 Å². The minimum atomic E-state index is -0.891. The normalized spacial score (nSPS) is 18.4. The predicted molar refractivity (Wildman–Crippen MR) is 88.7 cm³/mol. The van der Waals surface area contributed by atoms with Gasteiger partial charge < -0.3 is 10.4 Å². The first-order chi connectivity index (χ1) is 12.1. The van der Waals surface area contributed by atoms with Crippen LogP contribution < -0.4 is 5.32 Å². The first-order valence-electron chi connectivity index (χ1n) is 8.49. The van der Waals surface area contributed by atoms with Gasteiger partial charge in [0, 0.05) is 17.7 Å². The van der Waals surface area contributed by atoms with Crippen molar-refractivity contribution >= 4 is 17.6 Å². The van der Waals surface area contributed by atoms with Crippen LogP contribution in [0, 0.1) is 5.41 Å². The van der Waals surface area contributed by atoms with Gasteiger partial charge in [-0.05, 0) is 48.2 Å². The molecule has 2 aliphatic rings. The molecule has 0 radical (unpaired) electrons. The summed E-state index contributed by atoms with van der Waals surface area (Å²) in [5.74, 6) is -0.480. The van der Waals surface area contributed by atoms with E-state index in [2.05, 4.69) is 20.8 Å². The SMILES string of the molecule is O=C(CC1(C(=O)O)CCC1)Nc1cccc(-c2nnnn2C2CC2)c1. The number of anilines is 1. The standard InChI is InChI=1S/C17H19N5O3/c23-14(10-17(16(24)25)7-2-8-17)18-12-4-1-3-11(9-12)15-19-20-21-22(15)13-5-6-13/h1,3-4,9,13H,2,5-8,10H2,(H,18,23)(H,24,25). The summed E-state index contributed by atoms with van der Waals surface area (Å²) >= 11 is 0. The maximum absolute atomic E-state index is 12.3. The number of carbonyl (C=O) groups excluding carboxylic acids is 1. The van der Waals surface area contributed by atoms with E-state index in [-0.39, 0.29) is 12.3 Å². The lowest BCUT2D eigenvalue weighted by Crippen LogP contribution is -2.41. The Hall–Kier alpha value is -2.77.